The van der Waals surface area contributed by atoms with E-state index in [-0.39, 0.29) is 0 Å². The second-order valence-corrected chi connectivity index (χ2v) is 5.79. The molecule has 0 atom stereocenters. The van der Waals surface area contributed by atoms with E-state index < -0.39 is 9.28 Å². The SMILES string of the molecule is CCCO[Si](OCC)c1cccc2ccccc12. The van der Waals surface area contributed by atoms with Crippen molar-refractivity contribution in [3.05, 3.63) is 42.5 Å². The summed E-state index contributed by atoms with van der Waals surface area (Å²) in [5.41, 5.74) is 0. The quantitative estimate of drug-likeness (QED) is 0.743. The Hall–Kier alpha value is -1.16. The summed E-state index contributed by atoms with van der Waals surface area (Å²) in [5, 5.41) is 3.71. The fourth-order valence-electron chi connectivity index (χ4n) is 1.93. The Balaban J connectivity index is 2.36. The molecule has 0 saturated heterocycles. The third kappa shape index (κ3) is 2.99. The van der Waals surface area contributed by atoms with Crippen molar-refractivity contribution in [2.45, 2.75) is 20.3 Å². The van der Waals surface area contributed by atoms with Crippen LogP contribution in [-0.4, -0.2) is 22.5 Å². The molecule has 0 fully saturated rings. The van der Waals surface area contributed by atoms with Gasteiger partial charge in [0.15, 0.2) is 0 Å². The van der Waals surface area contributed by atoms with Crippen LogP contribution in [-0.2, 0) is 8.85 Å². The summed E-state index contributed by atoms with van der Waals surface area (Å²) in [6, 6.07) is 14.7. The van der Waals surface area contributed by atoms with Crippen LogP contribution < -0.4 is 5.19 Å². The molecular formula is C15H19O2Si. The van der Waals surface area contributed by atoms with Crippen molar-refractivity contribution in [3.8, 4) is 0 Å². The van der Waals surface area contributed by atoms with E-state index in [1.807, 2.05) is 6.92 Å². The fourth-order valence-corrected chi connectivity index (χ4v) is 3.65. The lowest BCUT2D eigenvalue weighted by molar-refractivity contribution is 0.216. The van der Waals surface area contributed by atoms with E-state index in [1.54, 1.807) is 0 Å². The zero-order chi connectivity index (χ0) is 12.8. The van der Waals surface area contributed by atoms with Crippen LogP contribution in [0.5, 0.6) is 0 Å². The summed E-state index contributed by atoms with van der Waals surface area (Å²) in [4.78, 5) is 0. The second-order valence-electron chi connectivity index (χ2n) is 4.10. The average Bonchev–Trinajstić information content (AvgIpc) is 2.43. The van der Waals surface area contributed by atoms with Gasteiger partial charge >= 0.3 is 9.28 Å². The van der Waals surface area contributed by atoms with Gasteiger partial charge in [-0.3, -0.25) is 0 Å². The average molecular weight is 259 g/mol. The number of hydrogen-bond acceptors (Lipinski definition) is 2. The number of fused-ring (bicyclic) bond motifs is 1. The summed E-state index contributed by atoms with van der Waals surface area (Å²) in [6.07, 6.45) is 1.02. The Morgan fingerprint density at radius 1 is 0.944 bits per heavy atom. The van der Waals surface area contributed by atoms with Gasteiger partial charge in [-0.05, 0) is 24.1 Å². The summed E-state index contributed by atoms with van der Waals surface area (Å²) < 4.78 is 11.7. The molecule has 18 heavy (non-hydrogen) atoms. The molecule has 2 aromatic rings. The first-order valence-corrected chi connectivity index (χ1v) is 7.79. The number of hydrogen-bond donors (Lipinski definition) is 0. The Morgan fingerprint density at radius 3 is 2.50 bits per heavy atom. The highest BCUT2D eigenvalue weighted by molar-refractivity contribution is 6.64. The molecule has 2 nitrogen and oxygen atoms in total. The van der Waals surface area contributed by atoms with E-state index >= 15 is 0 Å². The van der Waals surface area contributed by atoms with Crippen molar-refractivity contribution in [1.82, 2.24) is 0 Å². The van der Waals surface area contributed by atoms with Crippen LogP contribution in [0.3, 0.4) is 0 Å². The van der Waals surface area contributed by atoms with E-state index in [4.69, 9.17) is 8.85 Å². The molecule has 3 heteroatoms. The molecule has 2 rings (SSSR count). The molecule has 0 aliphatic carbocycles. The van der Waals surface area contributed by atoms with E-state index in [1.165, 1.54) is 16.0 Å². The Kier molecular flexibility index (Phi) is 4.93. The van der Waals surface area contributed by atoms with Gasteiger partial charge in [0.05, 0.1) is 0 Å². The molecule has 0 bridgehead atoms. The number of benzene rings is 2. The van der Waals surface area contributed by atoms with Gasteiger partial charge in [-0.2, -0.15) is 0 Å². The Morgan fingerprint density at radius 2 is 1.72 bits per heavy atom. The molecule has 1 radical (unpaired) electrons. The van der Waals surface area contributed by atoms with Gasteiger partial charge in [0, 0.05) is 18.4 Å². The molecule has 0 unspecified atom stereocenters. The maximum atomic E-state index is 5.91. The Labute approximate surface area is 110 Å². The van der Waals surface area contributed by atoms with Crippen molar-refractivity contribution in [2.24, 2.45) is 0 Å². The highest BCUT2D eigenvalue weighted by Gasteiger charge is 2.20. The van der Waals surface area contributed by atoms with Crippen LogP contribution in [0.1, 0.15) is 20.3 Å². The third-order valence-corrected chi connectivity index (χ3v) is 4.62. The van der Waals surface area contributed by atoms with Gasteiger partial charge < -0.3 is 8.85 Å². The third-order valence-electron chi connectivity index (χ3n) is 2.72. The fraction of sp³-hybridized carbons (Fsp3) is 0.333. The van der Waals surface area contributed by atoms with Crippen LogP contribution >= 0.6 is 0 Å². The van der Waals surface area contributed by atoms with Gasteiger partial charge in [-0.15, -0.1) is 0 Å². The molecule has 0 aromatic heterocycles. The summed E-state index contributed by atoms with van der Waals surface area (Å²) >= 11 is 0. The van der Waals surface area contributed by atoms with Crippen LogP contribution in [0, 0.1) is 0 Å². The zero-order valence-corrected chi connectivity index (χ0v) is 12.0. The summed E-state index contributed by atoms with van der Waals surface area (Å²) in [7, 11) is -1.36. The van der Waals surface area contributed by atoms with Gasteiger partial charge in [0.2, 0.25) is 0 Å². The van der Waals surface area contributed by atoms with Crippen molar-refractivity contribution < 1.29 is 8.85 Å². The van der Waals surface area contributed by atoms with Crippen molar-refractivity contribution in [3.63, 3.8) is 0 Å². The highest BCUT2D eigenvalue weighted by atomic mass is 28.3. The normalized spacial score (nSPS) is 11.3. The van der Waals surface area contributed by atoms with Gasteiger partial charge in [0.25, 0.3) is 0 Å². The lowest BCUT2D eigenvalue weighted by atomic mass is 10.1. The molecule has 0 saturated carbocycles. The predicted molar refractivity (Wildman–Crippen MR) is 77.2 cm³/mol. The van der Waals surface area contributed by atoms with Gasteiger partial charge in [-0.1, -0.05) is 49.4 Å². The lowest BCUT2D eigenvalue weighted by Gasteiger charge is -2.16. The van der Waals surface area contributed by atoms with Crippen molar-refractivity contribution in [1.29, 1.82) is 0 Å². The van der Waals surface area contributed by atoms with Gasteiger partial charge in [-0.25, -0.2) is 0 Å². The first-order chi connectivity index (χ1) is 8.86. The molecule has 0 amide bonds. The van der Waals surface area contributed by atoms with Crippen LogP contribution in [0.2, 0.25) is 0 Å². The highest BCUT2D eigenvalue weighted by Crippen LogP contribution is 2.12. The van der Waals surface area contributed by atoms with E-state index in [0.717, 1.165) is 13.0 Å². The smallest absolute Gasteiger partial charge is 0.390 e. The van der Waals surface area contributed by atoms with E-state index in [9.17, 15) is 0 Å². The largest absolute Gasteiger partial charge is 0.424 e. The van der Waals surface area contributed by atoms with Crippen molar-refractivity contribution in [2.75, 3.05) is 13.2 Å². The minimum atomic E-state index is -1.36. The monoisotopic (exact) mass is 259 g/mol. The molecule has 95 valence electrons. The second kappa shape index (κ2) is 6.68. The molecule has 0 heterocycles. The van der Waals surface area contributed by atoms with Crippen LogP contribution in [0.25, 0.3) is 10.8 Å². The molecule has 0 spiro atoms. The lowest BCUT2D eigenvalue weighted by Crippen LogP contribution is -2.37. The number of rotatable bonds is 6. The molecule has 0 N–H and O–H groups in total. The standard InChI is InChI=1S/C15H19O2Si/c1-3-12-17-18(16-4-2)15-11-7-9-13-8-5-6-10-14(13)15/h5-11H,3-4,12H2,1-2H3. The van der Waals surface area contributed by atoms with E-state index in [2.05, 4.69) is 49.4 Å². The van der Waals surface area contributed by atoms with Crippen LogP contribution in [0.15, 0.2) is 42.5 Å². The molecule has 0 aliphatic heterocycles. The minimum Gasteiger partial charge on any atom is -0.390 e. The Bertz CT molecular complexity index is 493. The molecule has 0 aliphatic rings. The van der Waals surface area contributed by atoms with Crippen LogP contribution in [0.4, 0.5) is 0 Å². The predicted octanol–water partition coefficient (Wildman–Crippen LogP) is 3.00. The first kappa shape index (κ1) is 13.3. The van der Waals surface area contributed by atoms with E-state index in [0.29, 0.717) is 6.61 Å². The molecular weight excluding hydrogens is 240 g/mol. The minimum absolute atomic E-state index is 0.696. The first-order valence-electron chi connectivity index (χ1n) is 6.47. The zero-order valence-electron chi connectivity index (χ0n) is 11.0. The maximum absolute atomic E-state index is 5.91. The summed E-state index contributed by atoms with van der Waals surface area (Å²) in [6.45, 7) is 5.60. The maximum Gasteiger partial charge on any atom is 0.424 e. The van der Waals surface area contributed by atoms with Gasteiger partial charge in [0.1, 0.15) is 0 Å². The topological polar surface area (TPSA) is 18.5 Å². The van der Waals surface area contributed by atoms with Crippen molar-refractivity contribution >= 4 is 25.2 Å². The molecule has 2 aromatic carbocycles. The summed E-state index contributed by atoms with van der Waals surface area (Å²) in [5.74, 6) is 0.